The van der Waals surface area contributed by atoms with Gasteiger partial charge in [0.15, 0.2) is 5.78 Å². The molecule has 1 aliphatic heterocycles. The standard InChI is InChI=1S/C31H25FN2O3S/c1-37-23-13-11-19(12-14-23)21-17-25-29(27(35)18-21)30(20-6-4-7-22(32)16-20)34(31(36)28-10-5-15-38-28)26-9-3-2-8-24(26)33-25/h2-16,21,30,33H,17-18H2,1H3/t21-,30-/m0/s1. The summed E-state index contributed by atoms with van der Waals surface area (Å²) in [5.41, 5.74) is 4.22. The molecular formula is C31H25FN2O3S. The number of para-hydroxylation sites is 2. The average molecular weight is 525 g/mol. The monoisotopic (exact) mass is 524 g/mol. The van der Waals surface area contributed by atoms with E-state index in [1.54, 1.807) is 30.2 Å². The Labute approximate surface area is 224 Å². The van der Waals surface area contributed by atoms with E-state index < -0.39 is 11.9 Å². The Bertz CT molecular complexity index is 1550. The van der Waals surface area contributed by atoms with E-state index in [2.05, 4.69) is 5.32 Å². The van der Waals surface area contributed by atoms with Gasteiger partial charge in [-0.25, -0.2) is 4.39 Å². The van der Waals surface area contributed by atoms with Crippen molar-refractivity contribution < 1.29 is 18.7 Å². The van der Waals surface area contributed by atoms with Crippen LogP contribution in [0.4, 0.5) is 15.8 Å². The highest BCUT2D eigenvalue weighted by Gasteiger charge is 2.42. The summed E-state index contributed by atoms with van der Waals surface area (Å²) in [5.74, 6) is -0.00304. The highest BCUT2D eigenvalue weighted by molar-refractivity contribution is 7.12. The number of benzene rings is 3. The Morgan fingerprint density at radius 3 is 2.53 bits per heavy atom. The van der Waals surface area contributed by atoms with Gasteiger partial charge in [-0.3, -0.25) is 14.5 Å². The lowest BCUT2D eigenvalue weighted by atomic mass is 9.78. The van der Waals surface area contributed by atoms with Crippen molar-refractivity contribution >= 4 is 34.4 Å². The number of nitrogens with zero attached hydrogens (tertiary/aromatic N) is 1. The van der Waals surface area contributed by atoms with Gasteiger partial charge < -0.3 is 10.1 Å². The smallest absolute Gasteiger partial charge is 0.269 e. The molecule has 2 atom stereocenters. The molecule has 1 aliphatic carbocycles. The zero-order valence-electron chi connectivity index (χ0n) is 20.7. The number of hydrogen-bond donors (Lipinski definition) is 1. The normalized spacial score (nSPS) is 18.8. The minimum atomic E-state index is -0.782. The predicted molar refractivity (Wildman–Crippen MR) is 147 cm³/mol. The van der Waals surface area contributed by atoms with E-state index in [1.165, 1.54) is 23.5 Å². The van der Waals surface area contributed by atoms with E-state index in [9.17, 15) is 14.0 Å². The maximum Gasteiger partial charge on any atom is 0.269 e. The molecule has 2 aliphatic rings. The predicted octanol–water partition coefficient (Wildman–Crippen LogP) is 7.11. The molecule has 0 bridgehead atoms. The summed E-state index contributed by atoms with van der Waals surface area (Å²) in [5, 5.41) is 5.36. The second-order valence-corrected chi connectivity index (χ2v) is 10.4. The molecule has 3 aromatic carbocycles. The molecule has 1 N–H and O–H groups in total. The summed E-state index contributed by atoms with van der Waals surface area (Å²) >= 11 is 1.34. The molecule has 0 radical (unpaired) electrons. The van der Waals surface area contributed by atoms with Crippen molar-refractivity contribution in [2.24, 2.45) is 0 Å². The second kappa shape index (κ2) is 9.91. The van der Waals surface area contributed by atoms with Crippen LogP contribution in [-0.4, -0.2) is 18.8 Å². The van der Waals surface area contributed by atoms with Gasteiger partial charge in [-0.2, -0.15) is 0 Å². The molecule has 0 fully saturated rings. The Kier molecular flexibility index (Phi) is 6.29. The molecule has 5 nitrogen and oxygen atoms in total. The van der Waals surface area contributed by atoms with Crippen molar-refractivity contribution in [3.8, 4) is 5.75 Å². The van der Waals surface area contributed by atoms with E-state index >= 15 is 0 Å². The molecule has 1 aromatic heterocycles. The molecule has 4 aromatic rings. The third-order valence-electron chi connectivity index (χ3n) is 7.19. The number of allylic oxidation sites excluding steroid dienone is 1. The molecule has 1 amide bonds. The second-order valence-electron chi connectivity index (χ2n) is 9.45. The molecule has 38 heavy (non-hydrogen) atoms. The first-order valence-electron chi connectivity index (χ1n) is 12.4. The fourth-order valence-corrected chi connectivity index (χ4v) is 6.10. The average Bonchev–Trinajstić information content (AvgIpc) is 3.43. The van der Waals surface area contributed by atoms with Gasteiger partial charge in [-0.05, 0) is 71.3 Å². The van der Waals surface area contributed by atoms with Crippen LogP contribution >= 0.6 is 11.3 Å². The number of carbonyl (C=O) groups is 2. The molecule has 0 unspecified atom stereocenters. The number of amides is 1. The van der Waals surface area contributed by atoms with Crippen molar-refractivity contribution in [3.63, 3.8) is 0 Å². The Balaban J connectivity index is 1.54. The van der Waals surface area contributed by atoms with Crippen LogP contribution in [0.15, 0.2) is 102 Å². The summed E-state index contributed by atoms with van der Waals surface area (Å²) in [6, 6.07) is 24.3. The third-order valence-corrected chi connectivity index (χ3v) is 8.05. The van der Waals surface area contributed by atoms with Gasteiger partial charge in [-0.1, -0.05) is 42.5 Å². The van der Waals surface area contributed by atoms with E-state index in [0.717, 1.165) is 22.7 Å². The number of Topliss-reactive ketones (excluding diaryl/α,β-unsaturated/α-hetero) is 1. The van der Waals surface area contributed by atoms with Crippen LogP contribution in [0.5, 0.6) is 5.75 Å². The van der Waals surface area contributed by atoms with Crippen LogP contribution in [0.25, 0.3) is 0 Å². The Morgan fingerprint density at radius 2 is 1.79 bits per heavy atom. The largest absolute Gasteiger partial charge is 0.497 e. The number of anilines is 2. The van der Waals surface area contributed by atoms with E-state index in [0.29, 0.717) is 28.1 Å². The van der Waals surface area contributed by atoms with Gasteiger partial charge in [-0.15, -0.1) is 11.3 Å². The number of methoxy groups -OCH3 is 1. The Morgan fingerprint density at radius 1 is 0.974 bits per heavy atom. The van der Waals surface area contributed by atoms with Crippen molar-refractivity contribution in [1.82, 2.24) is 0 Å². The number of thiophene rings is 1. The van der Waals surface area contributed by atoms with Crippen LogP contribution in [0.1, 0.15) is 45.6 Å². The van der Waals surface area contributed by atoms with Crippen LogP contribution < -0.4 is 15.0 Å². The number of ether oxygens (including phenoxy) is 1. The lowest BCUT2D eigenvalue weighted by Crippen LogP contribution is -2.38. The molecule has 2 heterocycles. The van der Waals surface area contributed by atoms with E-state index in [-0.39, 0.29) is 24.0 Å². The van der Waals surface area contributed by atoms with Gasteiger partial charge in [0.1, 0.15) is 11.6 Å². The summed E-state index contributed by atoms with van der Waals surface area (Å²) in [4.78, 5) is 30.2. The molecule has 7 heteroatoms. The topological polar surface area (TPSA) is 58.6 Å². The SMILES string of the molecule is COc1ccc([C@@H]2CC(=O)C3=C(C2)Nc2ccccc2N(C(=O)c2cccs2)[C@H]3c2cccc(F)c2)cc1. The molecular weight excluding hydrogens is 499 g/mol. The lowest BCUT2D eigenvalue weighted by molar-refractivity contribution is -0.116. The van der Waals surface area contributed by atoms with Crippen molar-refractivity contribution in [2.45, 2.75) is 24.8 Å². The van der Waals surface area contributed by atoms with E-state index in [1.807, 2.05) is 60.0 Å². The number of fused-ring (bicyclic) bond motifs is 1. The van der Waals surface area contributed by atoms with E-state index in [4.69, 9.17) is 4.74 Å². The fourth-order valence-electron chi connectivity index (χ4n) is 5.44. The molecule has 0 spiro atoms. The first kappa shape index (κ1) is 24.1. The number of ketones is 1. The quantitative estimate of drug-likeness (QED) is 0.309. The summed E-state index contributed by atoms with van der Waals surface area (Å²) < 4.78 is 19.9. The van der Waals surface area contributed by atoms with Gasteiger partial charge >= 0.3 is 0 Å². The van der Waals surface area contributed by atoms with Crippen LogP contribution in [0, 0.1) is 5.82 Å². The maximum absolute atomic E-state index is 14.6. The highest BCUT2D eigenvalue weighted by atomic mass is 32.1. The zero-order valence-corrected chi connectivity index (χ0v) is 21.5. The number of nitrogens with one attached hydrogen (secondary N) is 1. The molecule has 0 saturated carbocycles. The van der Waals surface area contributed by atoms with Crippen LogP contribution in [-0.2, 0) is 4.79 Å². The molecule has 6 rings (SSSR count). The number of halogens is 1. The minimum Gasteiger partial charge on any atom is -0.497 e. The summed E-state index contributed by atoms with van der Waals surface area (Å²) in [6.07, 6.45) is 0.866. The lowest BCUT2D eigenvalue weighted by Gasteiger charge is -2.35. The van der Waals surface area contributed by atoms with Crippen molar-refractivity contribution in [3.05, 3.63) is 123 Å². The van der Waals surface area contributed by atoms with Crippen molar-refractivity contribution in [2.75, 3.05) is 17.3 Å². The first-order chi connectivity index (χ1) is 18.5. The zero-order chi connectivity index (χ0) is 26.2. The van der Waals surface area contributed by atoms with Gasteiger partial charge in [0.2, 0.25) is 0 Å². The number of hydrogen-bond acceptors (Lipinski definition) is 5. The van der Waals surface area contributed by atoms with Crippen LogP contribution in [0.2, 0.25) is 0 Å². The third kappa shape index (κ3) is 4.29. The molecule has 190 valence electrons. The first-order valence-corrected chi connectivity index (χ1v) is 13.3. The summed E-state index contributed by atoms with van der Waals surface area (Å²) in [7, 11) is 1.62. The number of carbonyl (C=O) groups excluding carboxylic acids is 2. The van der Waals surface area contributed by atoms with Gasteiger partial charge in [0.05, 0.1) is 29.4 Å². The fraction of sp³-hybridized carbons (Fsp3) is 0.161. The van der Waals surface area contributed by atoms with Gasteiger partial charge in [0, 0.05) is 17.7 Å². The highest BCUT2D eigenvalue weighted by Crippen LogP contribution is 2.48. The Hall–Kier alpha value is -4.23. The number of rotatable bonds is 4. The van der Waals surface area contributed by atoms with Crippen molar-refractivity contribution in [1.29, 1.82) is 0 Å². The molecule has 0 saturated heterocycles. The minimum absolute atomic E-state index is 0.0421. The van der Waals surface area contributed by atoms with Crippen LogP contribution in [0.3, 0.4) is 0 Å². The summed E-state index contributed by atoms with van der Waals surface area (Å²) in [6.45, 7) is 0. The maximum atomic E-state index is 14.6. The van der Waals surface area contributed by atoms with Gasteiger partial charge in [0.25, 0.3) is 5.91 Å².